The number of rotatable bonds is 12. The normalized spacial score (nSPS) is 13.1. The second-order valence-corrected chi connectivity index (χ2v) is 8.32. The van der Waals surface area contributed by atoms with Crippen LogP contribution in [0, 0.1) is 0 Å². The number of benzene rings is 2. The molecule has 2 N–H and O–H groups in total. The van der Waals surface area contributed by atoms with E-state index in [4.69, 9.17) is 14.6 Å². The Bertz CT molecular complexity index is 852. The summed E-state index contributed by atoms with van der Waals surface area (Å²) in [6.45, 7) is 0.0321. The number of alkyl halides is 3. The van der Waals surface area contributed by atoms with E-state index >= 15 is 0 Å². The molecule has 0 saturated heterocycles. The number of amides is 1. The number of aliphatic hydroxyl groups excluding tert-OH is 1. The number of thioether (sulfide) groups is 1. The van der Waals surface area contributed by atoms with Crippen molar-refractivity contribution >= 4 is 23.8 Å². The summed E-state index contributed by atoms with van der Waals surface area (Å²) in [5.41, 5.74) is 1.54. The molecule has 0 aliphatic carbocycles. The summed E-state index contributed by atoms with van der Waals surface area (Å²) in [6.07, 6.45) is -8.18. The number of carbonyl (C=O) groups excluding carboxylic acids is 2. The maximum absolute atomic E-state index is 12.5. The standard InChI is InChI=1S/C23H26F3NO5S/c24-23(25,26)20(28)12-14-33-13-11-19(21(29)31-15-17-7-3-1-4-8-17)27-22(30)32-16-18-9-5-2-6-10-18/h1-10,19-20,28H,11-16H2,(H,27,30)/t19-,20-/m0/s1. The number of halogens is 3. The number of aliphatic hydroxyl groups is 1. The summed E-state index contributed by atoms with van der Waals surface area (Å²) in [5, 5.41) is 11.5. The fraction of sp³-hybridized carbons (Fsp3) is 0.391. The van der Waals surface area contributed by atoms with Crippen molar-refractivity contribution in [3.63, 3.8) is 0 Å². The molecule has 180 valence electrons. The Balaban J connectivity index is 1.85. The number of nitrogens with one attached hydrogen (secondary N) is 1. The molecule has 0 aliphatic heterocycles. The third-order valence-corrected chi connectivity index (χ3v) is 5.53. The zero-order valence-electron chi connectivity index (χ0n) is 17.8. The summed E-state index contributed by atoms with van der Waals surface area (Å²) in [6, 6.07) is 16.9. The van der Waals surface area contributed by atoms with Crippen molar-refractivity contribution in [3.05, 3.63) is 71.8 Å². The van der Waals surface area contributed by atoms with E-state index in [2.05, 4.69) is 5.32 Å². The Morgan fingerprint density at radius 2 is 1.39 bits per heavy atom. The van der Waals surface area contributed by atoms with Gasteiger partial charge in [0.15, 0.2) is 6.10 Å². The molecule has 10 heteroatoms. The molecular formula is C23H26F3NO5S. The highest BCUT2D eigenvalue weighted by atomic mass is 32.2. The number of carbonyl (C=O) groups is 2. The van der Waals surface area contributed by atoms with E-state index in [1.54, 1.807) is 48.5 Å². The van der Waals surface area contributed by atoms with Gasteiger partial charge in [-0.2, -0.15) is 24.9 Å². The van der Waals surface area contributed by atoms with Crippen LogP contribution in [0.15, 0.2) is 60.7 Å². The van der Waals surface area contributed by atoms with Crippen LogP contribution in [0.1, 0.15) is 24.0 Å². The van der Waals surface area contributed by atoms with Crippen LogP contribution in [0.25, 0.3) is 0 Å². The molecule has 0 fully saturated rings. The Morgan fingerprint density at radius 1 is 0.879 bits per heavy atom. The second-order valence-electron chi connectivity index (χ2n) is 7.10. The predicted octanol–water partition coefficient (Wildman–Crippen LogP) is 4.46. The summed E-state index contributed by atoms with van der Waals surface area (Å²) >= 11 is 1.14. The second kappa shape index (κ2) is 13.7. The molecule has 0 heterocycles. The molecule has 0 aromatic heterocycles. The molecule has 2 aromatic carbocycles. The van der Waals surface area contributed by atoms with Gasteiger partial charge in [0.1, 0.15) is 19.3 Å². The van der Waals surface area contributed by atoms with E-state index in [1.165, 1.54) is 0 Å². The van der Waals surface area contributed by atoms with Gasteiger partial charge in [-0.25, -0.2) is 9.59 Å². The van der Waals surface area contributed by atoms with Crippen LogP contribution in [-0.2, 0) is 27.5 Å². The SMILES string of the molecule is O=C(N[C@@H](CCSCC[C@H](O)C(F)(F)F)C(=O)OCc1ccccc1)OCc1ccccc1. The number of hydrogen-bond acceptors (Lipinski definition) is 6. The largest absolute Gasteiger partial charge is 0.459 e. The molecule has 2 atom stereocenters. The molecule has 2 rings (SSSR count). The molecule has 33 heavy (non-hydrogen) atoms. The average Bonchev–Trinajstić information content (AvgIpc) is 2.80. The lowest BCUT2D eigenvalue weighted by Crippen LogP contribution is -2.42. The summed E-state index contributed by atoms with van der Waals surface area (Å²) in [4.78, 5) is 24.7. The monoisotopic (exact) mass is 485 g/mol. The molecule has 0 spiro atoms. The van der Waals surface area contributed by atoms with Gasteiger partial charge in [-0.05, 0) is 35.5 Å². The van der Waals surface area contributed by atoms with E-state index < -0.39 is 36.8 Å². The molecule has 0 saturated carbocycles. The lowest BCUT2D eigenvalue weighted by molar-refractivity contribution is -0.203. The Morgan fingerprint density at radius 3 is 1.94 bits per heavy atom. The lowest BCUT2D eigenvalue weighted by atomic mass is 10.2. The number of hydrogen-bond donors (Lipinski definition) is 2. The maximum Gasteiger partial charge on any atom is 0.414 e. The Labute approximate surface area is 194 Å². The van der Waals surface area contributed by atoms with E-state index in [-0.39, 0.29) is 31.1 Å². The predicted molar refractivity (Wildman–Crippen MR) is 118 cm³/mol. The van der Waals surface area contributed by atoms with Crippen molar-refractivity contribution in [3.8, 4) is 0 Å². The van der Waals surface area contributed by atoms with Crippen molar-refractivity contribution in [1.82, 2.24) is 5.32 Å². The summed E-state index contributed by atoms with van der Waals surface area (Å²) in [7, 11) is 0. The van der Waals surface area contributed by atoms with E-state index in [1.807, 2.05) is 12.1 Å². The van der Waals surface area contributed by atoms with Gasteiger partial charge < -0.3 is 19.9 Å². The maximum atomic E-state index is 12.5. The first-order chi connectivity index (χ1) is 15.8. The minimum Gasteiger partial charge on any atom is -0.459 e. The molecular weight excluding hydrogens is 459 g/mol. The lowest BCUT2D eigenvalue weighted by Gasteiger charge is -2.18. The zero-order valence-corrected chi connectivity index (χ0v) is 18.6. The quantitative estimate of drug-likeness (QED) is 0.341. The van der Waals surface area contributed by atoms with Gasteiger partial charge in [-0.3, -0.25) is 0 Å². The van der Waals surface area contributed by atoms with Crippen LogP contribution in [0.5, 0.6) is 0 Å². The third kappa shape index (κ3) is 10.6. The highest BCUT2D eigenvalue weighted by Crippen LogP contribution is 2.23. The van der Waals surface area contributed by atoms with Gasteiger partial charge >= 0.3 is 18.2 Å². The minimum absolute atomic E-state index is 0.0157. The molecule has 0 aliphatic rings. The van der Waals surface area contributed by atoms with Gasteiger partial charge in [0.2, 0.25) is 0 Å². The smallest absolute Gasteiger partial charge is 0.414 e. The highest BCUT2D eigenvalue weighted by molar-refractivity contribution is 7.99. The highest BCUT2D eigenvalue weighted by Gasteiger charge is 2.37. The van der Waals surface area contributed by atoms with Crippen molar-refractivity contribution in [2.75, 3.05) is 11.5 Å². The van der Waals surface area contributed by atoms with E-state index in [0.717, 1.165) is 22.9 Å². The topological polar surface area (TPSA) is 84.9 Å². The first kappa shape index (κ1) is 26.5. The first-order valence-corrected chi connectivity index (χ1v) is 11.4. The number of alkyl carbamates (subject to hydrolysis) is 1. The molecule has 0 radical (unpaired) electrons. The Kier molecular flexibility index (Phi) is 11.0. The van der Waals surface area contributed by atoms with Gasteiger partial charge in [-0.15, -0.1) is 0 Å². The fourth-order valence-electron chi connectivity index (χ4n) is 2.65. The summed E-state index contributed by atoms with van der Waals surface area (Å²) < 4.78 is 47.6. The van der Waals surface area contributed by atoms with Crippen molar-refractivity contribution in [2.45, 2.75) is 44.4 Å². The van der Waals surface area contributed by atoms with Crippen molar-refractivity contribution in [1.29, 1.82) is 0 Å². The number of ether oxygens (including phenoxy) is 2. The van der Waals surface area contributed by atoms with Crippen LogP contribution in [0.2, 0.25) is 0 Å². The first-order valence-electron chi connectivity index (χ1n) is 10.3. The zero-order chi connectivity index (χ0) is 24.1. The molecule has 6 nitrogen and oxygen atoms in total. The molecule has 2 aromatic rings. The van der Waals surface area contributed by atoms with Crippen LogP contribution in [-0.4, -0.2) is 47.0 Å². The fourth-order valence-corrected chi connectivity index (χ4v) is 3.64. The average molecular weight is 486 g/mol. The third-order valence-electron chi connectivity index (χ3n) is 4.48. The van der Waals surface area contributed by atoms with Crippen LogP contribution < -0.4 is 5.32 Å². The van der Waals surface area contributed by atoms with Crippen molar-refractivity contribution < 1.29 is 37.3 Å². The molecule has 0 unspecified atom stereocenters. The van der Waals surface area contributed by atoms with Gasteiger partial charge in [-0.1, -0.05) is 60.7 Å². The number of esters is 1. The van der Waals surface area contributed by atoms with Gasteiger partial charge in [0.25, 0.3) is 0 Å². The van der Waals surface area contributed by atoms with E-state index in [9.17, 15) is 22.8 Å². The summed E-state index contributed by atoms with van der Waals surface area (Å²) in [5.74, 6) is -0.356. The minimum atomic E-state index is -4.66. The molecule has 0 bridgehead atoms. The Hall–Kier alpha value is -2.72. The molecule has 1 amide bonds. The van der Waals surface area contributed by atoms with Gasteiger partial charge in [0, 0.05) is 0 Å². The van der Waals surface area contributed by atoms with Crippen molar-refractivity contribution in [2.24, 2.45) is 0 Å². The van der Waals surface area contributed by atoms with Crippen LogP contribution >= 0.6 is 11.8 Å². The van der Waals surface area contributed by atoms with Crippen LogP contribution in [0.4, 0.5) is 18.0 Å². The van der Waals surface area contributed by atoms with E-state index in [0.29, 0.717) is 0 Å². The van der Waals surface area contributed by atoms with Crippen LogP contribution in [0.3, 0.4) is 0 Å². The van der Waals surface area contributed by atoms with Gasteiger partial charge in [0.05, 0.1) is 0 Å².